The van der Waals surface area contributed by atoms with Crippen LogP contribution >= 0.6 is 0 Å². The maximum absolute atomic E-state index is 13.2. The first-order valence-electron chi connectivity index (χ1n) is 8.72. The fourth-order valence-electron chi connectivity index (χ4n) is 3.60. The second kappa shape index (κ2) is 7.14. The average molecular weight is 378 g/mol. The number of rotatable bonds is 5. The number of aliphatic hydroxyl groups excluding tert-OH is 1. The first-order valence-corrected chi connectivity index (χ1v) is 8.72. The number of ether oxygens (including phenoxy) is 2. The smallest absolute Gasteiger partial charge is 0.320 e. The second-order valence-electron chi connectivity index (χ2n) is 6.65. The summed E-state index contributed by atoms with van der Waals surface area (Å²) in [6, 6.07) is -0.939. The number of hydrogen-bond donors (Lipinski definition) is 2. The van der Waals surface area contributed by atoms with E-state index in [9.17, 15) is 9.50 Å². The van der Waals surface area contributed by atoms with Crippen LogP contribution in [-0.2, 0) is 4.74 Å². The summed E-state index contributed by atoms with van der Waals surface area (Å²) in [7, 11) is 0. The molecule has 0 aromatic carbocycles. The van der Waals surface area contributed by atoms with Crippen molar-refractivity contribution in [2.45, 2.75) is 56.3 Å². The molecule has 0 spiro atoms. The van der Waals surface area contributed by atoms with Crippen LogP contribution < -0.4 is 10.5 Å². The van der Waals surface area contributed by atoms with Gasteiger partial charge in [-0.2, -0.15) is 9.97 Å². The van der Waals surface area contributed by atoms with E-state index < -0.39 is 31.2 Å². The van der Waals surface area contributed by atoms with Gasteiger partial charge in [0, 0.05) is 4.91 Å². The number of nitrogen functional groups attached to an aromatic ring is 1. The third kappa shape index (κ3) is 3.11. The van der Waals surface area contributed by atoms with Gasteiger partial charge in [-0.3, -0.25) is 4.57 Å². The van der Waals surface area contributed by atoms with Crippen molar-refractivity contribution in [1.82, 2.24) is 19.5 Å². The number of halogens is 1. The Balaban J connectivity index is 1.69. The van der Waals surface area contributed by atoms with Crippen molar-refractivity contribution in [2.75, 3.05) is 12.4 Å². The van der Waals surface area contributed by atoms with Gasteiger partial charge in [-0.25, -0.2) is 9.37 Å². The monoisotopic (exact) mass is 378 g/mol. The quantitative estimate of drug-likeness (QED) is 0.455. The molecule has 1 saturated heterocycles. The minimum atomic E-state index is -1.27. The number of azide groups is 1. The van der Waals surface area contributed by atoms with Crippen molar-refractivity contribution < 1.29 is 19.0 Å². The number of hydrogen-bond acceptors (Lipinski definition) is 8. The molecular formula is C15H19FN8O3. The van der Waals surface area contributed by atoms with Crippen molar-refractivity contribution in [3.63, 3.8) is 0 Å². The van der Waals surface area contributed by atoms with Crippen molar-refractivity contribution in [3.05, 3.63) is 16.8 Å². The molecular weight excluding hydrogens is 359 g/mol. The van der Waals surface area contributed by atoms with Crippen LogP contribution in [0.3, 0.4) is 0 Å². The van der Waals surface area contributed by atoms with Gasteiger partial charge >= 0.3 is 6.01 Å². The molecule has 2 aliphatic rings. The molecule has 11 nitrogen and oxygen atoms in total. The number of imidazole rings is 1. The SMILES string of the molecule is [N-]=[N+]=NC1[C@@H](O)[C@H](n2cnc3c(N)nc(OC4CCCC4)nc32)O[C@@H]1CF. The van der Waals surface area contributed by atoms with Crippen LogP contribution in [0.15, 0.2) is 11.4 Å². The molecule has 144 valence electrons. The molecule has 3 N–H and O–H groups in total. The zero-order valence-corrected chi connectivity index (χ0v) is 14.3. The van der Waals surface area contributed by atoms with E-state index in [1.807, 2.05) is 0 Å². The van der Waals surface area contributed by atoms with Gasteiger partial charge in [0.05, 0.1) is 18.5 Å². The lowest BCUT2D eigenvalue weighted by Crippen LogP contribution is -2.30. The number of nitrogens with zero attached hydrogens (tertiary/aromatic N) is 7. The first kappa shape index (κ1) is 17.7. The summed E-state index contributed by atoms with van der Waals surface area (Å²) in [6.45, 7) is -0.906. The molecule has 0 bridgehead atoms. The Hall–Kier alpha value is -2.69. The van der Waals surface area contributed by atoms with E-state index in [1.54, 1.807) is 0 Å². The first-order chi connectivity index (χ1) is 13.1. The molecule has 0 amide bonds. The molecule has 1 saturated carbocycles. The Kier molecular flexibility index (Phi) is 4.68. The van der Waals surface area contributed by atoms with Gasteiger partial charge in [-0.15, -0.1) is 0 Å². The Morgan fingerprint density at radius 2 is 2.22 bits per heavy atom. The van der Waals surface area contributed by atoms with Crippen LogP contribution in [-0.4, -0.2) is 55.7 Å². The highest BCUT2D eigenvalue weighted by Crippen LogP contribution is 2.34. The second-order valence-corrected chi connectivity index (χ2v) is 6.65. The number of alkyl halides is 1. The van der Waals surface area contributed by atoms with Crippen molar-refractivity contribution in [2.24, 2.45) is 5.11 Å². The van der Waals surface area contributed by atoms with Crippen LogP contribution in [0.2, 0.25) is 0 Å². The lowest BCUT2D eigenvalue weighted by molar-refractivity contribution is -0.0404. The van der Waals surface area contributed by atoms with Crippen LogP contribution in [0.1, 0.15) is 31.9 Å². The van der Waals surface area contributed by atoms with Gasteiger partial charge in [0.1, 0.15) is 18.9 Å². The van der Waals surface area contributed by atoms with Gasteiger partial charge in [0.25, 0.3) is 0 Å². The molecule has 4 rings (SSSR count). The predicted molar refractivity (Wildman–Crippen MR) is 91.4 cm³/mol. The van der Waals surface area contributed by atoms with E-state index in [1.165, 1.54) is 10.9 Å². The highest BCUT2D eigenvalue weighted by Gasteiger charge is 2.45. The standard InChI is InChI=1S/C15H19FN8O3/c16-5-8-9(22-23-18)11(25)14(27-8)24-6-19-10-12(17)20-15(21-13(10)24)26-7-3-1-2-4-7/h6-9,11,14,25H,1-5H2,(H2,17,20,21)/t8-,9?,11-,14-/m1/s1. The van der Waals surface area contributed by atoms with Crippen LogP contribution in [0.5, 0.6) is 6.01 Å². The summed E-state index contributed by atoms with van der Waals surface area (Å²) in [5, 5.41) is 13.9. The van der Waals surface area contributed by atoms with Gasteiger partial charge in [0.15, 0.2) is 23.2 Å². The molecule has 12 heteroatoms. The lowest BCUT2D eigenvalue weighted by Gasteiger charge is -2.17. The zero-order valence-electron chi connectivity index (χ0n) is 14.3. The Morgan fingerprint density at radius 1 is 1.44 bits per heavy atom. The Morgan fingerprint density at radius 3 is 2.93 bits per heavy atom. The van der Waals surface area contributed by atoms with Crippen LogP contribution in [0.25, 0.3) is 21.6 Å². The normalized spacial score (nSPS) is 28.5. The van der Waals surface area contributed by atoms with E-state index in [2.05, 4.69) is 25.0 Å². The summed E-state index contributed by atoms with van der Waals surface area (Å²) >= 11 is 0. The van der Waals surface area contributed by atoms with Gasteiger partial charge in [0.2, 0.25) is 0 Å². The van der Waals surface area contributed by atoms with Crippen molar-refractivity contribution >= 4 is 17.0 Å². The number of nitrogens with two attached hydrogens (primary N) is 1. The highest BCUT2D eigenvalue weighted by molar-refractivity contribution is 5.82. The fraction of sp³-hybridized carbons (Fsp3) is 0.667. The molecule has 1 aliphatic heterocycles. The van der Waals surface area contributed by atoms with Crippen molar-refractivity contribution in [1.29, 1.82) is 0 Å². The minimum Gasteiger partial charge on any atom is -0.460 e. The van der Waals surface area contributed by atoms with Gasteiger partial charge in [-0.05, 0) is 31.2 Å². The largest absolute Gasteiger partial charge is 0.460 e. The number of aliphatic hydroxyl groups is 1. The zero-order chi connectivity index (χ0) is 19.0. The molecule has 3 heterocycles. The number of fused-ring (bicyclic) bond motifs is 1. The number of anilines is 1. The maximum atomic E-state index is 13.2. The third-order valence-electron chi connectivity index (χ3n) is 4.95. The molecule has 0 radical (unpaired) electrons. The van der Waals surface area contributed by atoms with E-state index >= 15 is 0 Å². The molecule has 1 aliphatic carbocycles. The summed E-state index contributed by atoms with van der Waals surface area (Å²) in [6.07, 6.45) is 2.09. The molecule has 1 unspecified atom stereocenters. The molecule has 2 fully saturated rings. The van der Waals surface area contributed by atoms with E-state index in [4.69, 9.17) is 20.7 Å². The minimum absolute atomic E-state index is 0.0387. The third-order valence-corrected chi connectivity index (χ3v) is 4.95. The summed E-state index contributed by atoms with van der Waals surface area (Å²) < 4.78 is 26.0. The Labute approximate surface area is 152 Å². The maximum Gasteiger partial charge on any atom is 0.320 e. The highest BCUT2D eigenvalue weighted by atomic mass is 19.1. The van der Waals surface area contributed by atoms with Gasteiger partial charge < -0.3 is 20.3 Å². The predicted octanol–water partition coefficient (Wildman–Crippen LogP) is 1.64. The topological polar surface area (TPSA) is 157 Å². The number of aromatic nitrogens is 4. The molecule has 4 atom stereocenters. The Bertz CT molecular complexity index is 879. The van der Waals surface area contributed by atoms with Crippen LogP contribution in [0.4, 0.5) is 10.2 Å². The van der Waals surface area contributed by atoms with Crippen LogP contribution in [0, 0.1) is 0 Å². The molecule has 27 heavy (non-hydrogen) atoms. The lowest BCUT2D eigenvalue weighted by atomic mass is 10.1. The summed E-state index contributed by atoms with van der Waals surface area (Å²) in [4.78, 5) is 15.3. The van der Waals surface area contributed by atoms with Crippen molar-refractivity contribution in [3.8, 4) is 6.01 Å². The molecule has 2 aromatic heterocycles. The van der Waals surface area contributed by atoms with Gasteiger partial charge in [-0.1, -0.05) is 5.11 Å². The van der Waals surface area contributed by atoms with E-state index in [-0.39, 0.29) is 17.9 Å². The van der Waals surface area contributed by atoms with E-state index in [0.29, 0.717) is 11.2 Å². The average Bonchev–Trinajstić information content (AvgIpc) is 3.36. The fourth-order valence-corrected chi connectivity index (χ4v) is 3.60. The molecule has 2 aromatic rings. The summed E-state index contributed by atoms with van der Waals surface area (Å²) in [5.41, 5.74) is 15.2. The van der Waals surface area contributed by atoms with E-state index in [0.717, 1.165) is 25.7 Å². The summed E-state index contributed by atoms with van der Waals surface area (Å²) in [5.74, 6) is 0.132.